The van der Waals surface area contributed by atoms with Crippen LogP contribution in [0.1, 0.15) is 52.3 Å². The lowest BCUT2D eigenvalue weighted by atomic mass is 9.96. The van der Waals surface area contributed by atoms with Crippen LogP contribution in [0.25, 0.3) is 22.0 Å². The van der Waals surface area contributed by atoms with Crippen molar-refractivity contribution in [3.8, 4) is 11.1 Å². The van der Waals surface area contributed by atoms with Gasteiger partial charge >= 0.3 is 0 Å². The molecule has 0 N–H and O–H groups in total. The van der Waals surface area contributed by atoms with Crippen LogP contribution in [0.3, 0.4) is 0 Å². The lowest BCUT2D eigenvalue weighted by Crippen LogP contribution is -2.42. The third-order valence-electron chi connectivity index (χ3n) is 6.08. The number of furan rings is 1. The first-order valence-electron chi connectivity index (χ1n) is 10.7. The molecule has 1 fully saturated rings. The van der Waals surface area contributed by atoms with Gasteiger partial charge in [-0.2, -0.15) is 0 Å². The fourth-order valence-corrected chi connectivity index (χ4v) is 4.44. The van der Waals surface area contributed by atoms with E-state index in [2.05, 4.69) is 32.6 Å². The van der Waals surface area contributed by atoms with Gasteiger partial charge in [-0.15, -0.1) is 0 Å². The van der Waals surface area contributed by atoms with Crippen LogP contribution >= 0.6 is 0 Å². The Bertz CT molecular complexity index is 1030. The van der Waals surface area contributed by atoms with Gasteiger partial charge in [-0.3, -0.25) is 9.36 Å². The summed E-state index contributed by atoms with van der Waals surface area (Å²) in [5, 5.41) is 0.685. The van der Waals surface area contributed by atoms with Gasteiger partial charge in [-0.25, -0.2) is 4.98 Å². The van der Waals surface area contributed by atoms with Crippen LogP contribution in [0, 0.1) is 5.92 Å². The Morgan fingerprint density at radius 3 is 2.69 bits per heavy atom. The van der Waals surface area contributed by atoms with Crippen LogP contribution in [0.4, 0.5) is 0 Å². The average molecular weight is 394 g/mol. The van der Waals surface area contributed by atoms with E-state index in [1.807, 2.05) is 28.8 Å². The molecule has 1 aliphatic rings. The summed E-state index contributed by atoms with van der Waals surface area (Å²) in [5.41, 5.74) is 2.81. The predicted octanol–water partition coefficient (Wildman–Crippen LogP) is 4.90. The van der Waals surface area contributed by atoms with Gasteiger partial charge in [0.15, 0.2) is 0 Å². The minimum absolute atomic E-state index is 0.0747. The molecule has 0 radical (unpaired) electrons. The van der Waals surface area contributed by atoms with E-state index in [1.165, 1.54) is 12.8 Å². The fraction of sp³-hybridized carbons (Fsp3) is 0.500. The molecule has 0 bridgehead atoms. The zero-order valence-electron chi connectivity index (χ0n) is 17.9. The Kier molecular flexibility index (Phi) is 5.59. The van der Waals surface area contributed by atoms with E-state index in [-0.39, 0.29) is 11.5 Å². The van der Waals surface area contributed by atoms with Crippen LogP contribution in [0.2, 0.25) is 0 Å². The minimum atomic E-state index is 0.0747. The molecule has 0 unspecified atom stereocenters. The van der Waals surface area contributed by atoms with Gasteiger partial charge in [0, 0.05) is 30.6 Å². The number of nitrogens with zero attached hydrogens (tertiary/aromatic N) is 3. The van der Waals surface area contributed by atoms with Crippen molar-refractivity contribution in [2.75, 3.05) is 13.1 Å². The highest BCUT2D eigenvalue weighted by Crippen LogP contribution is 2.25. The molecule has 1 aliphatic heterocycles. The summed E-state index contributed by atoms with van der Waals surface area (Å²) in [4.78, 5) is 21.0. The molecule has 5 nitrogen and oxygen atoms in total. The topological polar surface area (TPSA) is 51.3 Å². The SMILES string of the molecule is CC(C)c1nc2ccc(-c3ccoc3)cc2c(=O)n1C[C@H]1CCCN(C(C)C)C1. The van der Waals surface area contributed by atoms with Crippen LogP contribution in [-0.4, -0.2) is 33.6 Å². The van der Waals surface area contributed by atoms with Gasteiger partial charge in [-0.05, 0) is 62.9 Å². The lowest BCUT2D eigenvalue weighted by molar-refractivity contribution is 0.129. The zero-order valence-corrected chi connectivity index (χ0v) is 17.9. The van der Waals surface area contributed by atoms with Crippen LogP contribution < -0.4 is 5.56 Å². The van der Waals surface area contributed by atoms with Crippen molar-refractivity contribution in [1.82, 2.24) is 14.5 Å². The summed E-state index contributed by atoms with van der Waals surface area (Å²) in [5.74, 6) is 1.57. The molecule has 0 aliphatic carbocycles. The molecule has 1 atom stereocenters. The Balaban J connectivity index is 1.75. The van der Waals surface area contributed by atoms with Gasteiger partial charge in [0.2, 0.25) is 0 Å². The summed E-state index contributed by atoms with van der Waals surface area (Å²) >= 11 is 0. The van der Waals surface area contributed by atoms with Crippen LogP contribution in [0.5, 0.6) is 0 Å². The molecule has 0 amide bonds. The van der Waals surface area contributed by atoms with E-state index in [1.54, 1.807) is 12.5 Å². The number of fused-ring (bicyclic) bond motifs is 1. The molecule has 0 spiro atoms. The maximum absolute atomic E-state index is 13.6. The van der Waals surface area contributed by atoms with Crippen molar-refractivity contribution >= 4 is 10.9 Å². The molecule has 1 aromatic carbocycles. The molecule has 5 heteroatoms. The quantitative estimate of drug-likeness (QED) is 0.619. The highest BCUT2D eigenvalue weighted by Gasteiger charge is 2.24. The number of benzene rings is 1. The molecule has 1 saturated heterocycles. The Morgan fingerprint density at radius 1 is 1.17 bits per heavy atom. The van der Waals surface area contributed by atoms with E-state index in [9.17, 15) is 4.79 Å². The Hall–Kier alpha value is -2.40. The lowest BCUT2D eigenvalue weighted by Gasteiger charge is -2.36. The number of piperidine rings is 1. The largest absolute Gasteiger partial charge is 0.472 e. The minimum Gasteiger partial charge on any atom is -0.472 e. The standard InChI is InChI=1S/C24H31N3O2/c1-16(2)23-25-22-8-7-19(20-9-11-29-15-20)12-21(22)24(28)27(23)14-18-6-5-10-26(13-18)17(3)4/h7-9,11-12,15-18H,5-6,10,13-14H2,1-4H3/t18-/m0/s1. The normalized spacial score (nSPS) is 18.2. The number of aromatic nitrogens is 2. The molecule has 29 heavy (non-hydrogen) atoms. The first-order valence-corrected chi connectivity index (χ1v) is 10.7. The molecular weight excluding hydrogens is 362 g/mol. The van der Waals surface area contributed by atoms with Gasteiger partial charge in [0.1, 0.15) is 5.82 Å². The summed E-state index contributed by atoms with van der Waals surface area (Å²) in [7, 11) is 0. The van der Waals surface area contributed by atoms with Crippen LogP contribution in [-0.2, 0) is 6.54 Å². The maximum Gasteiger partial charge on any atom is 0.261 e. The van der Waals surface area contributed by atoms with Crippen molar-refractivity contribution in [3.63, 3.8) is 0 Å². The predicted molar refractivity (Wildman–Crippen MR) is 117 cm³/mol. The summed E-state index contributed by atoms with van der Waals surface area (Å²) in [6.45, 7) is 11.7. The van der Waals surface area contributed by atoms with E-state index in [4.69, 9.17) is 9.40 Å². The van der Waals surface area contributed by atoms with Crippen molar-refractivity contribution in [2.45, 2.75) is 59.0 Å². The van der Waals surface area contributed by atoms with Gasteiger partial charge < -0.3 is 9.32 Å². The first kappa shape index (κ1) is 19.9. The number of hydrogen-bond donors (Lipinski definition) is 0. The zero-order chi connectivity index (χ0) is 20.5. The van der Waals surface area contributed by atoms with E-state index in [0.29, 0.717) is 17.3 Å². The third kappa shape index (κ3) is 4.01. The highest BCUT2D eigenvalue weighted by molar-refractivity contribution is 5.83. The fourth-order valence-electron chi connectivity index (χ4n) is 4.44. The van der Waals surface area contributed by atoms with Crippen molar-refractivity contribution in [1.29, 1.82) is 0 Å². The second-order valence-corrected chi connectivity index (χ2v) is 8.88. The molecule has 2 aromatic heterocycles. The smallest absolute Gasteiger partial charge is 0.261 e. The highest BCUT2D eigenvalue weighted by atomic mass is 16.3. The Labute approximate surface area is 172 Å². The van der Waals surface area contributed by atoms with E-state index < -0.39 is 0 Å². The van der Waals surface area contributed by atoms with Crippen molar-refractivity contribution in [3.05, 3.63) is 53.0 Å². The second kappa shape index (κ2) is 8.15. The molecule has 4 rings (SSSR count). The number of rotatable bonds is 5. The molecule has 3 heterocycles. The Morgan fingerprint density at radius 2 is 2.00 bits per heavy atom. The first-order chi connectivity index (χ1) is 13.9. The van der Waals surface area contributed by atoms with Gasteiger partial charge in [0.25, 0.3) is 5.56 Å². The molecule has 3 aromatic rings. The monoisotopic (exact) mass is 393 g/mol. The molecular formula is C24H31N3O2. The maximum atomic E-state index is 13.6. The number of hydrogen-bond acceptors (Lipinski definition) is 4. The summed E-state index contributed by atoms with van der Waals surface area (Å²) < 4.78 is 7.16. The van der Waals surface area contributed by atoms with Crippen molar-refractivity contribution < 1.29 is 4.42 Å². The summed E-state index contributed by atoms with van der Waals surface area (Å²) in [6.07, 6.45) is 5.72. The van der Waals surface area contributed by atoms with E-state index in [0.717, 1.165) is 42.1 Å². The van der Waals surface area contributed by atoms with Gasteiger partial charge in [0.05, 0.1) is 23.4 Å². The van der Waals surface area contributed by atoms with E-state index >= 15 is 0 Å². The second-order valence-electron chi connectivity index (χ2n) is 8.88. The summed E-state index contributed by atoms with van der Waals surface area (Å²) in [6, 6.07) is 8.38. The third-order valence-corrected chi connectivity index (χ3v) is 6.08. The molecule has 0 saturated carbocycles. The molecule has 154 valence electrons. The average Bonchev–Trinajstić information content (AvgIpc) is 3.24. The van der Waals surface area contributed by atoms with Crippen LogP contribution in [0.15, 0.2) is 46.0 Å². The number of likely N-dealkylation sites (tertiary alicyclic amines) is 1. The van der Waals surface area contributed by atoms with Crippen molar-refractivity contribution in [2.24, 2.45) is 5.92 Å². The van der Waals surface area contributed by atoms with Gasteiger partial charge in [-0.1, -0.05) is 19.9 Å².